The van der Waals surface area contributed by atoms with Gasteiger partial charge in [0.05, 0.1) is 36.5 Å². The molecule has 8 nitrogen and oxygen atoms in total. The Labute approximate surface area is 218 Å². The van der Waals surface area contributed by atoms with Crippen molar-refractivity contribution < 1.29 is 23.7 Å². The Kier molecular flexibility index (Phi) is 8.11. The van der Waals surface area contributed by atoms with Crippen LogP contribution in [0.3, 0.4) is 0 Å². The zero-order valence-electron chi connectivity index (χ0n) is 20.7. The monoisotopic (exact) mass is 518 g/mol. The smallest absolute Gasteiger partial charge is 0.337 e. The average molecular weight is 519 g/mol. The number of rotatable bonds is 9. The van der Waals surface area contributed by atoms with Crippen LogP contribution in [0.15, 0.2) is 64.0 Å². The van der Waals surface area contributed by atoms with Crippen LogP contribution in [-0.4, -0.2) is 37.5 Å². The number of carbonyl (C=O) groups is 1. The molecule has 0 unspecified atom stereocenters. The number of hydrogen-bond acceptors (Lipinski definition) is 8. The summed E-state index contributed by atoms with van der Waals surface area (Å²) in [5.41, 5.74) is 1.28. The predicted octanol–water partition coefficient (Wildman–Crippen LogP) is 2.83. The van der Waals surface area contributed by atoms with Crippen LogP contribution in [0.2, 0.25) is 0 Å². The van der Waals surface area contributed by atoms with Crippen LogP contribution >= 0.6 is 11.3 Å². The van der Waals surface area contributed by atoms with Gasteiger partial charge >= 0.3 is 5.97 Å². The van der Waals surface area contributed by atoms with E-state index in [-0.39, 0.29) is 17.7 Å². The van der Waals surface area contributed by atoms with E-state index in [1.807, 2.05) is 32.0 Å². The highest BCUT2D eigenvalue weighted by atomic mass is 32.1. The van der Waals surface area contributed by atoms with E-state index in [1.54, 1.807) is 30.3 Å². The Hall–Kier alpha value is -4.29. The molecule has 0 N–H and O–H groups in total. The van der Waals surface area contributed by atoms with Crippen molar-refractivity contribution in [3.63, 3.8) is 0 Å². The van der Waals surface area contributed by atoms with Gasteiger partial charge in [0, 0.05) is 11.8 Å². The number of benzene rings is 2. The molecule has 3 aromatic rings. The molecular weight excluding hydrogens is 492 g/mol. The molecule has 0 aliphatic carbocycles. The number of hydrogen-bond donors (Lipinski definition) is 0. The third-order valence-corrected chi connectivity index (χ3v) is 6.52. The second kappa shape index (κ2) is 11.6. The van der Waals surface area contributed by atoms with Crippen LogP contribution in [0.4, 0.5) is 0 Å². The number of nitrogens with zero attached hydrogens (tertiary/aromatic N) is 2. The Balaban J connectivity index is 1.89. The summed E-state index contributed by atoms with van der Waals surface area (Å²) in [6, 6.07) is 11.9. The lowest BCUT2D eigenvalue weighted by Crippen LogP contribution is -2.39. The van der Waals surface area contributed by atoms with Crippen molar-refractivity contribution in [1.29, 1.82) is 0 Å². The fourth-order valence-corrected chi connectivity index (χ4v) is 4.94. The van der Waals surface area contributed by atoms with Crippen LogP contribution in [0.1, 0.15) is 31.0 Å². The van der Waals surface area contributed by atoms with Crippen molar-refractivity contribution in [3.8, 4) is 29.6 Å². The SMILES string of the molecule is C#CCOc1ccccc1/C=c1/sc2n(c1=O)[C@H](c1ccc(OCC)c(OCC)c1)C(C(=O)OC)=CN=2. The molecule has 0 bridgehead atoms. The second-order valence-electron chi connectivity index (χ2n) is 7.78. The molecular formula is C28H26N2O6S. The molecule has 1 aliphatic rings. The second-order valence-corrected chi connectivity index (χ2v) is 8.79. The van der Waals surface area contributed by atoms with Crippen molar-refractivity contribution in [2.45, 2.75) is 19.9 Å². The molecule has 1 aromatic heterocycles. The van der Waals surface area contributed by atoms with Crippen LogP contribution in [0, 0.1) is 12.3 Å². The van der Waals surface area contributed by atoms with Gasteiger partial charge < -0.3 is 18.9 Å². The van der Waals surface area contributed by atoms with Crippen molar-refractivity contribution in [2.24, 2.45) is 4.99 Å². The molecule has 0 spiro atoms. The predicted molar refractivity (Wildman–Crippen MR) is 141 cm³/mol. The molecule has 1 aliphatic heterocycles. The summed E-state index contributed by atoms with van der Waals surface area (Å²) < 4.78 is 24.0. The first-order valence-corrected chi connectivity index (χ1v) is 12.5. The van der Waals surface area contributed by atoms with E-state index >= 15 is 0 Å². The molecule has 0 saturated carbocycles. The lowest BCUT2D eigenvalue weighted by molar-refractivity contribution is -0.136. The van der Waals surface area contributed by atoms with E-state index < -0.39 is 12.0 Å². The molecule has 0 amide bonds. The molecule has 2 heterocycles. The lowest BCUT2D eigenvalue weighted by Gasteiger charge is -2.23. The number of carbonyl (C=O) groups excluding carboxylic acids is 1. The number of para-hydroxylation sites is 1. The standard InChI is InChI=1S/C28H26N2O6S/c1-5-14-36-21-11-9-8-10-18(21)16-24-26(31)30-25(20(27(32)33-4)17-29-28(30)37-24)19-12-13-22(34-6-2)23(15-19)35-7-3/h1,8-13,15-17,25H,6-7,14H2,2-4H3/b24-16+/t25-/m1/s1. The first-order chi connectivity index (χ1) is 18.0. The largest absolute Gasteiger partial charge is 0.490 e. The van der Waals surface area contributed by atoms with Gasteiger partial charge in [-0.2, -0.15) is 0 Å². The maximum atomic E-state index is 13.7. The number of aromatic nitrogens is 1. The van der Waals surface area contributed by atoms with E-state index in [4.69, 9.17) is 25.4 Å². The summed E-state index contributed by atoms with van der Waals surface area (Å²) in [4.78, 5) is 31.3. The highest BCUT2D eigenvalue weighted by molar-refractivity contribution is 7.07. The molecule has 0 fully saturated rings. The lowest BCUT2D eigenvalue weighted by atomic mass is 9.97. The van der Waals surface area contributed by atoms with Gasteiger partial charge in [-0.25, -0.2) is 9.79 Å². The van der Waals surface area contributed by atoms with Crippen molar-refractivity contribution in [2.75, 3.05) is 26.9 Å². The third kappa shape index (κ3) is 5.29. The molecule has 2 aromatic carbocycles. The highest BCUT2D eigenvalue weighted by Gasteiger charge is 2.31. The van der Waals surface area contributed by atoms with Crippen LogP contribution < -0.4 is 29.1 Å². The maximum Gasteiger partial charge on any atom is 0.337 e. The molecule has 0 saturated heterocycles. The molecule has 0 radical (unpaired) electrons. The topological polar surface area (TPSA) is 88.3 Å². The number of thiazole rings is 1. The minimum Gasteiger partial charge on any atom is -0.490 e. The Morgan fingerprint density at radius 2 is 1.86 bits per heavy atom. The van der Waals surface area contributed by atoms with E-state index in [0.717, 1.165) is 0 Å². The zero-order valence-corrected chi connectivity index (χ0v) is 21.5. The number of terminal acetylenes is 1. The van der Waals surface area contributed by atoms with Gasteiger partial charge in [0.1, 0.15) is 12.4 Å². The third-order valence-electron chi connectivity index (χ3n) is 5.52. The highest BCUT2D eigenvalue weighted by Crippen LogP contribution is 2.35. The Bertz CT molecular complexity index is 1560. The Morgan fingerprint density at radius 1 is 1.11 bits per heavy atom. The van der Waals surface area contributed by atoms with E-state index in [9.17, 15) is 9.59 Å². The minimum absolute atomic E-state index is 0.106. The maximum absolute atomic E-state index is 13.7. The molecule has 190 valence electrons. The van der Waals surface area contributed by atoms with E-state index in [0.29, 0.717) is 50.9 Å². The fourth-order valence-electron chi connectivity index (χ4n) is 3.98. The van der Waals surface area contributed by atoms with Crippen LogP contribution in [0.25, 0.3) is 6.08 Å². The van der Waals surface area contributed by atoms with E-state index in [1.165, 1.54) is 29.2 Å². The Morgan fingerprint density at radius 3 is 2.59 bits per heavy atom. The summed E-state index contributed by atoms with van der Waals surface area (Å²) in [5, 5.41) is 0. The first kappa shape index (κ1) is 25.8. The quantitative estimate of drug-likeness (QED) is 0.320. The van der Waals surface area contributed by atoms with Crippen LogP contribution in [-0.2, 0) is 9.53 Å². The molecule has 4 rings (SSSR count). The first-order valence-electron chi connectivity index (χ1n) is 11.7. The molecule has 37 heavy (non-hydrogen) atoms. The van der Waals surface area contributed by atoms with Gasteiger partial charge in [-0.3, -0.25) is 9.36 Å². The van der Waals surface area contributed by atoms with Gasteiger partial charge in [0.2, 0.25) is 0 Å². The number of ether oxygens (including phenoxy) is 4. The van der Waals surface area contributed by atoms with Gasteiger partial charge in [0.15, 0.2) is 16.3 Å². The van der Waals surface area contributed by atoms with Gasteiger partial charge in [0.25, 0.3) is 5.56 Å². The summed E-state index contributed by atoms with van der Waals surface area (Å²) in [6.07, 6.45) is 8.52. The number of fused-ring (bicyclic) bond motifs is 1. The fraction of sp³-hybridized carbons (Fsp3) is 0.250. The summed E-state index contributed by atoms with van der Waals surface area (Å²) >= 11 is 1.21. The zero-order chi connectivity index (χ0) is 26.4. The van der Waals surface area contributed by atoms with Crippen molar-refractivity contribution >= 4 is 23.4 Å². The summed E-state index contributed by atoms with van der Waals surface area (Å²) in [7, 11) is 1.29. The number of esters is 1. The normalized spacial score (nSPS) is 14.6. The average Bonchev–Trinajstić information content (AvgIpc) is 3.23. The number of methoxy groups -OCH3 is 1. The summed E-state index contributed by atoms with van der Waals surface area (Å²) in [6.45, 7) is 4.75. The van der Waals surface area contributed by atoms with Crippen molar-refractivity contribution in [3.05, 3.63) is 85.1 Å². The van der Waals surface area contributed by atoms with Gasteiger partial charge in [-0.05, 0) is 43.7 Å². The summed E-state index contributed by atoms with van der Waals surface area (Å²) in [5.74, 6) is 3.52. The van der Waals surface area contributed by atoms with Gasteiger partial charge in [-0.15, -0.1) is 6.42 Å². The van der Waals surface area contributed by atoms with Crippen LogP contribution in [0.5, 0.6) is 17.2 Å². The minimum atomic E-state index is -0.770. The molecule has 1 atom stereocenters. The molecule has 9 heteroatoms. The van der Waals surface area contributed by atoms with Gasteiger partial charge in [-0.1, -0.05) is 41.5 Å². The van der Waals surface area contributed by atoms with Crippen molar-refractivity contribution in [1.82, 2.24) is 4.57 Å². The van der Waals surface area contributed by atoms with E-state index in [2.05, 4.69) is 10.9 Å².